The number of aliphatic hydroxyl groups excluding tert-OH is 2. The Bertz CT molecular complexity index is 1610. The molecular formula is C28H36N8O4. The molecule has 0 radical (unpaired) electrons. The summed E-state index contributed by atoms with van der Waals surface area (Å²) in [5.41, 5.74) is 4.94. The van der Waals surface area contributed by atoms with E-state index in [0.717, 1.165) is 17.5 Å². The standard InChI is InChI=1S/C16H18N4O2.C12H18N4O2/c21-9-13(6-11-4-2-1-3-5-11)17-7-12-8-18-15-14(12)19-10-20-16(15)22;1-7(2)9(5-17)13-3-8-4-14-11-10(8)15-6-16-12(11)18/h1-5,8,10,13,17-18,21H,6-7,9H2,(H,19,20,22);4,6-7,9,13-14,17H,3,5H2,1-2H3,(H,15,16,18)/t13-;9-/m01/s1. The summed E-state index contributed by atoms with van der Waals surface area (Å²) in [7, 11) is 0. The summed E-state index contributed by atoms with van der Waals surface area (Å²) in [6.07, 6.45) is 7.09. The summed E-state index contributed by atoms with van der Waals surface area (Å²) in [6, 6.07) is 10.0. The first-order valence-corrected chi connectivity index (χ1v) is 13.2. The van der Waals surface area contributed by atoms with Crippen LogP contribution in [0.2, 0.25) is 0 Å². The van der Waals surface area contributed by atoms with Gasteiger partial charge in [-0.15, -0.1) is 0 Å². The van der Waals surface area contributed by atoms with Crippen molar-refractivity contribution in [2.45, 2.75) is 45.4 Å². The molecule has 4 aromatic heterocycles. The zero-order valence-corrected chi connectivity index (χ0v) is 22.6. The quantitative estimate of drug-likeness (QED) is 0.121. The topological polar surface area (TPSA) is 188 Å². The van der Waals surface area contributed by atoms with Crippen molar-refractivity contribution in [3.05, 3.63) is 92.8 Å². The third-order valence-electron chi connectivity index (χ3n) is 6.78. The minimum absolute atomic E-state index is 0.0388. The highest BCUT2D eigenvalue weighted by Gasteiger charge is 2.14. The van der Waals surface area contributed by atoms with Crippen LogP contribution < -0.4 is 21.8 Å². The van der Waals surface area contributed by atoms with Gasteiger partial charge in [0.05, 0.1) is 36.9 Å². The maximum atomic E-state index is 11.6. The van der Waals surface area contributed by atoms with E-state index in [4.69, 9.17) is 0 Å². The van der Waals surface area contributed by atoms with Crippen LogP contribution in [0.4, 0.5) is 0 Å². The molecule has 0 bridgehead atoms. The van der Waals surface area contributed by atoms with Gasteiger partial charge in [-0.05, 0) is 17.9 Å². The molecule has 0 spiro atoms. The van der Waals surface area contributed by atoms with Crippen LogP contribution in [0, 0.1) is 5.92 Å². The van der Waals surface area contributed by atoms with Gasteiger partial charge in [0.2, 0.25) is 0 Å². The molecule has 12 nitrogen and oxygen atoms in total. The van der Waals surface area contributed by atoms with Crippen molar-refractivity contribution in [1.82, 2.24) is 40.5 Å². The number of rotatable bonds is 11. The monoisotopic (exact) mass is 548 g/mol. The fourth-order valence-electron chi connectivity index (χ4n) is 4.39. The van der Waals surface area contributed by atoms with E-state index >= 15 is 0 Å². The summed E-state index contributed by atoms with van der Waals surface area (Å²) in [5, 5.41) is 25.3. The number of aromatic amines is 4. The molecule has 12 heteroatoms. The molecule has 212 valence electrons. The number of benzene rings is 1. The van der Waals surface area contributed by atoms with Crippen molar-refractivity contribution in [2.24, 2.45) is 5.92 Å². The van der Waals surface area contributed by atoms with Crippen molar-refractivity contribution in [2.75, 3.05) is 13.2 Å². The van der Waals surface area contributed by atoms with Crippen LogP contribution in [0.15, 0.2) is 65.0 Å². The predicted molar refractivity (Wildman–Crippen MR) is 154 cm³/mol. The predicted octanol–water partition coefficient (Wildman–Crippen LogP) is 1.30. The lowest BCUT2D eigenvalue weighted by atomic mass is 10.1. The molecule has 0 saturated heterocycles. The smallest absolute Gasteiger partial charge is 0.275 e. The number of H-pyrrole nitrogens is 4. The van der Waals surface area contributed by atoms with Crippen LogP contribution in [0.25, 0.3) is 22.1 Å². The molecule has 4 heterocycles. The number of hydrogen-bond donors (Lipinski definition) is 8. The molecule has 0 saturated carbocycles. The lowest BCUT2D eigenvalue weighted by molar-refractivity contribution is 0.210. The molecule has 5 aromatic rings. The van der Waals surface area contributed by atoms with Crippen molar-refractivity contribution < 1.29 is 10.2 Å². The molecule has 1 aromatic carbocycles. The lowest BCUT2D eigenvalue weighted by Gasteiger charge is -2.19. The van der Waals surface area contributed by atoms with Crippen molar-refractivity contribution in [1.29, 1.82) is 0 Å². The van der Waals surface area contributed by atoms with Gasteiger partial charge in [0.1, 0.15) is 11.0 Å². The van der Waals surface area contributed by atoms with E-state index in [2.05, 4.69) is 40.5 Å². The number of aliphatic hydroxyl groups is 2. The number of nitrogens with zero attached hydrogens (tertiary/aromatic N) is 2. The number of fused-ring (bicyclic) bond motifs is 2. The first-order chi connectivity index (χ1) is 19.4. The second kappa shape index (κ2) is 13.8. The largest absolute Gasteiger partial charge is 0.395 e. The molecule has 2 atom stereocenters. The maximum absolute atomic E-state index is 11.6. The third kappa shape index (κ3) is 7.10. The molecule has 0 aliphatic rings. The highest BCUT2D eigenvalue weighted by Crippen LogP contribution is 2.13. The van der Waals surface area contributed by atoms with Gasteiger partial charge < -0.3 is 40.8 Å². The Morgan fingerprint density at radius 1 is 0.775 bits per heavy atom. The van der Waals surface area contributed by atoms with Crippen molar-refractivity contribution in [3.63, 3.8) is 0 Å². The summed E-state index contributed by atoms with van der Waals surface area (Å²) >= 11 is 0. The van der Waals surface area contributed by atoms with Crippen LogP contribution in [0.1, 0.15) is 30.5 Å². The molecule has 0 amide bonds. The van der Waals surface area contributed by atoms with E-state index < -0.39 is 0 Å². The van der Waals surface area contributed by atoms with Gasteiger partial charge >= 0.3 is 0 Å². The lowest BCUT2D eigenvalue weighted by Crippen LogP contribution is -2.36. The maximum Gasteiger partial charge on any atom is 0.275 e. The van der Waals surface area contributed by atoms with Crippen LogP contribution in [-0.4, -0.2) is 65.4 Å². The second-order valence-electron chi connectivity index (χ2n) is 9.90. The zero-order chi connectivity index (χ0) is 28.5. The van der Waals surface area contributed by atoms with Gasteiger partial charge in [-0.1, -0.05) is 44.2 Å². The second-order valence-corrected chi connectivity index (χ2v) is 9.90. The molecule has 0 unspecified atom stereocenters. The summed E-state index contributed by atoms with van der Waals surface area (Å²) < 4.78 is 0. The summed E-state index contributed by atoms with van der Waals surface area (Å²) in [4.78, 5) is 42.4. The van der Waals surface area contributed by atoms with Crippen LogP contribution in [-0.2, 0) is 19.5 Å². The van der Waals surface area contributed by atoms with Gasteiger partial charge in [-0.2, -0.15) is 0 Å². The summed E-state index contributed by atoms with van der Waals surface area (Å²) in [6.45, 7) is 5.34. The Hall–Kier alpha value is -4.10. The van der Waals surface area contributed by atoms with E-state index in [-0.39, 0.29) is 36.4 Å². The Morgan fingerprint density at radius 2 is 1.32 bits per heavy atom. The first-order valence-electron chi connectivity index (χ1n) is 13.2. The highest BCUT2D eigenvalue weighted by atomic mass is 16.3. The molecule has 0 fully saturated rings. The molecule has 0 aliphatic heterocycles. The summed E-state index contributed by atoms with van der Waals surface area (Å²) in [5.74, 6) is 0.344. The van der Waals surface area contributed by atoms with Crippen LogP contribution in [0.5, 0.6) is 0 Å². The number of aromatic nitrogens is 6. The average molecular weight is 549 g/mol. The van der Waals surface area contributed by atoms with Gasteiger partial charge in [0, 0.05) is 48.7 Å². The molecule has 5 rings (SSSR count). The van der Waals surface area contributed by atoms with E-state index in [1.165, 1.54) is 18.2 Å². The van der Waals surface area contributed by atoms with E-state index in [9.17, 15) is 19.8 Å². The highest BCUT2D eigenvalue weighted by molar-refractivity contribution is 5.78. The number of hydrogen-bond acceptors (Lipinski definition) is 8. The van der Waals surface area contributed by atoms with Crippen molar-refractivity contribution in [3.8, 4) is 0 Å². The van der Waals surface area contributed by atoms with Gasteiger partial charge in [-0.3, -0.25) is 9.59 Å². The first kappa shape index (κ1) is 28.9. The Morgan fingerprint density at radius 3 is 1.82 bits per heavy atom. The Balaban J connectivity index is 0.000000189. The molecule has 8 N–H and O–H groups in total. The van der Waals surface area contributed by atoms with E-state index in [1.807, 2.05) is 44.2 Å². The fraction of sp³-hybridized carbons (Fsp3) is 0.357. The zero-order valence-electron chi connectivity index (χ0n) is 22.6. The Kier molecular flexibility index (Phi) is 9.97. The minimum Gasteiger partial charge on any atom is -0.395 e. The minimum atomic E-state index is -0.181. The van der Waals surface area contributed by atoms with Crippen LogP contribution in [0.3, 0.4) is 0 Å². The third-order valence-corrected chi connectivity index (χ3v) is 6.78. The van der Waals surface area contributed by atoms with Crippen LogP contribution >= 0.6 is 0 Å². The van der Waals surface area contributed by atoms with Gasteiger partial charge in [-0.25, -0.2) is 9.97 Å². The van der Waals surface area contributed by atoms with E-state index in [0.29, 0.717) is 41.1 Å². The normalized spacial score (nSPS) is 12.9. The fourth-order valence-corrected chi connectivity index (χ4v) is 4.39. The SMILES string of the molecule is CC(C)[C@@H](CO)NCc1c[nH]c2c(=O)[nH]cnc12.O=c1[nH]cnc2c(CN[C@H](CO)Cc3ccccc3)c[nH]c12. The molecule has 0 aliphatic carbocycles. The Labute approximate surface area is 230 Å². The van der Waals surface area contributed by atoms with Gasteiger partial charge in [0.15, 0.2) is 0 Å². The average Bonchev–Trinajstić information content (AvgIpc) is 3.58. The number of nitrogens with one attached hydrogen (secondary N) is 6. The molecule has 40 heavy (non-hydrogen) atoms. The van der Waals surface area contributed by atoms with Gasteiger partial charge in [0.25, 0.3) is 11.1 Å². The van der Waals surface area contributed by atoms with E-state index in [1.54, 1.807) is 12.4 Å². The van der Waals surface area contributed by atoms with Crippen molar-refractivity contribution >= 4 is 22.1 Å². The molecular weight excluding hydrogens is 512 g/mol.